The molecule has 170 valence electrons. The summed E-state index contributed by atoms with van der Waals surface area (Å²) in [4.78, 5) is 14.3. The molecule has 0 bridgehead atoms. The highest BCUT2D eigenvalue weighted by Gasteiger charge is 2.19. The molecule has 1 aromatic heterocycles. The van der Waals surface area contributed by atoms with Gasteiger partial charge in [-0.25, -0.2) is 13.6 Å². The quantitative estimate of drug-likeness (QED) is 0.186. The molecule has 5 nitrogen and oxygen atoms in total. The maximum Gasteiger partial charge on any atom is 0.512 e. The fraction of sp³-hybridized carbons (Fsp3) is 0.160. The molecule has 0 spiro atoms. The highest BCUT2D eigenvalue weighted by atomic mass is 19.2. The van der Waals surface area contributed by atoms with E-state index in [9.17, 15) is 23.1 Å². The third-order valence-corrected chi connectivity index (χ3v) is 5.36. The van der Waals surface area contributed by atoms with Gasteiger partial charge in [0, 0.05) is 16.5 Å². The first-order chi connectivity index (χ1) is 15.9. The van der Waals surface area contributed by atoms with Crippen LogP contribution >= 0.6 is 0 Å². The van der Waals surface area contributed by atoms with E-state index in [-0.39, 0.29) is 12.5 Å². The Morgan fingerprint density at radius 3 is 2.48 bits per heavy atom. The molecule has 0 amide bonds. The first-order valence-electron chi connectivity index (χ1n) is 10.2. The van der Waals surface area contributed by atoms with Crippen molar-refractivity contribution in [2.24, 2.45) is 0 Å². The smallest absolute Gasteiger partial charge is 0.490 e. The second kappa shape index (κ2) is 9.28. The number of ether oxygens (including phenoxy) is 2. The predicted octanol–water partition coefficient (Wildman–Crippen LogP) is 6.63. The van der Waals surface area contributed by atoms with E-state index in [1.807, 2.05) is 49.4 Å². The third kappa shape index (κ3) is 4.50. The number of carbonyl (C=O) groups is 1. The molecule has 0 fully saturated rings. The second-order valence-electron chi connectivity index (χ2n) is 7.47. The van der Waals surface area contributed by atoms with E-state index >= 15 is 0 Å². The number of benzene rings is 3. The summed E-state index contributed by atoms with van der Waals surface area (Å²) in [5.41, 5.74) is 4.30. The molecule has 0 saturated heterocycles. The number of H-pyrrole nitrogens is 1. The van der Waals surface area contributed by atoms with Gasteiger partial charge in [0.05, 0.1) is 12.1 Å². The summed E-state index contributed by atoms with van der Waals surface area (Å²) in [6.45, 7) is 1.99. The van der Waals surface area contributed by atoms with Crippen molar-refractivity contribution in [3.8, 4) is 22.8 Å². The Labute approximate surface area is 187 Å². The molecule has 0 saturated carbocycles. The van der Waals surface area contributed by atoms with Crippen LogP contribution in [-0.4, -0.2) is 22.9 Å². The molecule has 4 aromatic rings. The average Bonchev–Trinajstić information content (AvgIpc) is 3.13. The van der Waals surface area contributed by atoms with Crippen LogP contribution in [0.5, 0.6) is 11.6 Å². The maximum atomic E-state index is 13.8. The number of rotatable bonds is 7. The summed E-state index contributed by atoms with van der Waals surface area (Å²) in [7, 11) is 0. The maximum absolute atomic E-state index is 13.8. The molecule has 0 aliphatic carbocycles. The van der Waals surface area contributed by atoms with Crippen molar-refractivity contribution in [2.45, 2.75) is 19.8 Å². The highest BCUT2D eigenvalue weighted by molar-refractivity contribution is 5.98. The summed E-state index contributed by atoms with van der Waals surface area (Å²) in [6.07, 6.45) is -0.776. The van der Waals surface area contributed by atoms with Crippen LogP contribution in [0.1, 0.15) is 17.5 Å². The van der Waals surface area contributed by atoms with Crippen molar-refractivity contribution in [1.82, 2.24) is 4.98 Å². The number of nitrogens with one attached hydrogen (secondary N) is 1. The molecule has 1 heterocycles. The van der Waals surface area contributed by atoms with Crippen LogP contribution in [0.15, 0.2) is 54.6 Å². The fourth-order valence-corrected chi connectivity index (χ4v) is 3.82. The molecule has 33 heavy (non-hydrogen) atoms. The Hall–Kier alpha value is -3.94. The Morgan fingerprint density at radius 1 is 0.970 bits per heavy atom. The number of carboxylic acid groups (broad SMARTS) is 1. The number of aromatic amines is 1. The van der Waals surface area contributed by atoms with Crippen LogP contribution in [0, 0.1) is 24.4 Å². The lowest BCUT2D eigenvalue weighted by molar-refractivity contribution is 0.142. The molecular weight excluding hydrogens is 435 g/mol. The fourth-order valence-electron chi connectivity index (χ4n) is 3.82. The molecule has 0 aliphatic heterocycles. The lowest BCUT2D eigenvalue weighted by Gasteiger charge is -2.09. The summed E-state index contributed by atoms with van der Waals surface area (Å²) < 4.78 is 50.5. The van der Waals surface area contributed by atoms with Gasteiger partial charge in [-0.05, 0) is 43.0 Å². The van der Waals surface area contributed by atoms with Gasteiger partial charge in [-0.15, -0.1) is 0 Å². The predicted molar refractivity (Wildman–Crippen MR) is 117 cm³/mol. The zero-order valence-corrected chi connectivity index (χ0v) is 17.6. The standard InChI is InChI=1S/C25H20F3NO4/c1-14-6-2-3-7-15(14)16-8-4-9-17-18(24(29-23(16)17)33-25(30)31)10-5-13-32-20-12-11-19(26)21(27)22(20)28/h2-4,6-9,11-12,29H,5,10,13H2,1H3,(H,30,31). The number of halogens is 3. The molecule has 0 aliphatic rings. The van der Waals surface area contributed by atoms with Crippen molar-refractivity contribution in [3.05, 3.63) is 83.2 Å². The van der Waals surface area contributed by atoms with Gasteiger partial charge in [0.2, 0.25) is 11.7 Å². The second-order valence-corrected chi connectivity index (χ2v) is 7.47. The van der Waals surface area contributed by atoms with Crippen LogP contribution in [0.2, 0.25) is 0 Å². The number of hydrogen-bond acceptors (Lipinski definition) is 3. The van der Waals surface area contributed by atoms with Gasteiger partial charge in [-0.1, -0.05) is 42.5 Å². The number of para-hydroxylation sites is 1. The van der Waals surface area contributed by atoms with E-state index in [1.54, 1.807) is 0 Å². The van der Waals surface area contributed by atoms with Gasteiger partial charge in [-0.2, -0.15) is 4.39 Å². The zero-order valence-electron chi connectivity index (χ0n) is 17.6. The van der Waals surface area contributed by atoms with Crippen LogP contribution in [0.25, 0.3) is 22.0 Å². The topological polar surface area (TPSA) is 71.6 Å². The van der Waals surface area contributed by atoms with E-state index < -0.39 is 29.4 Å². The van der Waals surface area contributed by atoms with Crippen LogP contribution in [0.4, 0.5) is 18.0 Å². The van der Waals surface area contributed by atoms with E-state index in [1.165, 1.54) is 0 Å². The molecule has 4 rings (SSSR count). The first kappa shape index (κ1) is 22.3. The molecular formula is C25H20F3NO4. The van der Waals surface area contributed by atoms with Gasteiger partial charge >= 0.3 is 6.16 Å². The van der Waals surface area contributed by atoms with Crippen LogP contribution < -0.4 is 9.47 Å². The zero-order chi connectivity index (χ0) is 23.5. The molecule has 0 unspecified atom stereocenters. The Bertz CT molecular complexity index is 1330. The first-order valence-corrected chi connectivity index (χ1v) is 10.2. The Balaban J connectivity index is 1.61. The minimum atomic E-state index is -1.59. The van der Waals surface area contributed by atoms with Crippen LogP contribution in [-0.2, 0) is 6.42 Å². The van der Waals surface area contributed by atoms with Gasteiger partial charge in [0.25, 0.3) is 0 Å². The number of aryl methyl sites for hydroxylation is 2. The molecule has 8 heteroatoms. The monoisotopic (exact) mass is 455 g/mol. The highest BCUT2D eigenvalue weighted by Crippen LogP contribution is 2.36. The molecule has 0 atom stereocenters. The van der Waals surface area contributed by atoms with Gasteiger partial charge in [0.1, 0.15) is 0 Å². The van der Waals surface area contributed by atoms with E-state index in [2.05, 4.69) is 4.98 Å². The van der Waals surface area contributed by atoms with Crippen molar-refractivity contribution in [1.29, 1.82) is 0 Å². The minimum Gasteiger partial charge on any atom is -0.490 e. The Kier molecular flexibility index (Phi) is 6.26. The number of fused-ring (bicyclic) bond motifs is 1. The Morgan fingerprint density at radius 2 is 1.73 bits per heavy atom. The van der Waals surface area contributed by atoms with Gasteiger partial charge in [0.15, 0.2) is 17.4 Å². The lowest BCUT2D eigenvalue weighted by atomic mass is 9.97. The van der Waals surface area contributed by atoms with Crippen molar-refractivity contribution in [2.75, 3.05) is 6.61 Å². The van der Waals surface area contributed by atoms with E-state index in [4.69, 9.17) is 9.47 Å². The SMILES string of the molecule is Cc1ccccc1-c1cccc2c(CCCOc3ccc(F)c(F)c3F)c(OC(=O)O)[nH]c12. The normalized spacial score (nSPS) is 11.0. The van der Waals surface area contributed by atoms with Crippen molar-refractivity contribution < 1.29 is 32.5 Å². The average molecular weight is 455 g/mol. The third-order valence-electron chi connectivity index (χ3n) is 5.36. The molecule has 3 aromatic carbocycles. The lowest BCUT2D eigenvalue weighted by Crippen LogP contribution is -2.06. The van der Waals surface area contributed by atoms with Gasteiger partial charge in [-0.3, -0.25) is 0 Å². The minimum absolute atomic E-state index is 0.00133. The molecule has 2 N–H and O–H groups in total. The largest absolute Gasteiger partial charge is 0.512 e. The summed E-state index contributed by atoms with van der Waals surface area (Å²) >= 11 is 0. The molecule has 0 radical (unpaired) electrons. The van der Waals surface area contributed by atoms with Crippen molar-refractivity contribution in [3.63, 3.8) is 0 Å². The summed E-state index contributed by atoms with van der Waals surface area (Å²) in [6, 6.07) is 15.3. The van der Waals surface area contributed by atoms with E-state index in [0.29, 0.717) is 18.4 Å². The van der Waals surface area contributed by atoms with Gasteiger partial charge < -0.3 is 19.6 Å². The number of hydrogen-bond donors (Lipinski definition) is 2. The van der Waals surface area contributed by atoms with Crippen molar-refractivity contribution >= 4 is 17.1 Å². The van der Waals surface area contributed by atoms with E-state index in [0.717, 1.165) is 39.7 Å². The summed E-state index contributed by atoms with van der Waals surface area (Å²) in [5, 5.41) is 9.95. The summed E-state index contributed by atoms with van der Waals surface area (Å²) in [5.74, 6) is -4.57. The number of aromatic nitrogens is 1. The van der Waals surface area contributed by atoms with Crippen LogP contribution in [0.3, 0.4) is 0 Å².